The fourth-order valence-electron chi connectivity index (χ4n) is 6.84. The zero-order valence-corrected chi connectivity index (χ0v) is 22.5. The Labute approximate surface area is 218 Å². The summed E-state index contributed by atoms with van der Waals surface area (Å²) in [7, 11) is 0. The summed E-state index contributed by atoms with van der Waals surface area (Å²) < 4.78 is 23.7. The first-order valence-corrected chi connectivity index (χ1v) is 14.0. The Kier molecular flexibility index (Phi) is 6.51. The molecule has 0 amide bonds. The van der Waals surface area contributed by atoms with Crippen molar-refractivity contribution in [2.45, 2.75) is 84.5 Å². The van der Waals surface area contributed by atoms with Gasteiger partial charge in [0.25, 0.3) is 0 Å². The Morgan fingerprint density at radius 3 is 2.49 bits per heavy atom. The maximum atomic E-state index is 16.3. The maximum Gasteiger partial charge on any atom is 0.158 e. The zero-order chi connectivity index (χ0) is 25.7. The summed E-state index contributed by atoms with van der Waals surface area (Å²) in [4.78, 5) is 12.6. The second-order valence-corrected chi connectivity index (χ2v) is 11.6. The number of aryl methyl sites for hydroxylation is 1. The van der Waals surface area contributed by atoms with Crippen LogP contribution in [0.5, 0.6) is 0 Å². The highest BCUT2D eigenvalue weighted by atomic mass is 19.1. The van der Waals surface area contributed by atoms with Gasteiger partial charge in [-0.25, -0.2) is 13.9 Å². The van der Waals surface area contributed by atoms with Crippen molar-refractivity contribution in [2.24, 2.45) is 11.8 Å². The minimum atomic E-state index is -0.132. The lowest BCUT2D eigenvalue weighted by atomic mass is 9.75. The number of H-pyrrole nitrogens is 1. The number of nitrogens with zero attached hydrogens (tertiary/aromatic N) is 4. The van der Waals surface area contributed by atoms with E-state index >= 15 is 4.39 Å². The van der Waals surface area contributed by atoms with E-state index in [9.17, 15) is 0 Å². The van der Waals surface area contributed by atoms with Crippen molar-refractivity contribution in [3.63, 3.8) is 0 Å². The van der Waals surface area contributed by atoms with Crippen LogP contribution in [0.15, 0.2) is 18.7 Å². The molecule has 6 nitrogen and oxygen atoms in total. The van der Waals surface area contributed by atoms with E-state index in [4.69, 9.17) is 9.72 Å². The van der Waals surface area contributed by atoms with Crippen molar-refractivity contribution in [1.82, 2.24) is 24.6 Å². The number of fused-ring (bicyclic) bond motifs is 2. The SMILES string of the molecule is Cc1c(-c2[nH]c3cnc(C4CCC(CC5CCOCC5)CC4)c(F)c3c2C(C)C)cn2ncnc2c1C. The molecular formula is C30H38FN5O. The van der Waals surface area contributed by atoms with Crippen LogP contribution in [-0.2, 0) is 4.74 Å². The molecule has 7 heteroatoms. The maximum absolute atomic E-state index is 16.3. The summed E-state index contributed by atoms with van der Waals surface area (Å²) in [5.74, 6) is 1.78. The van der Waals surface area contributed by atoms with E-state index in [0.29, 0.717) is 11.1 Å². The molecule has 5 heterocycles. The van der Waals surface area contributed by atoms with Crippen LogP contribution in [0, 0.1) is 31.5 Å². The summed E-state index contributed by atoms with van der Waals surface area (Å²) in [5.41, 5.74) is 7.50. The van der Waals surface area contributed by atoms with Gasteiger partial charge in [-0.05, 0) is 93.2 Å². The van der Waals surface area contributed by atoms with Crippen molar-refractivity contribution in [2.75, 3.05) is 13.2 Å². The number of rotatable bonds is 5. The predicted molar refractivity (Wildman–Crippen MR) is 144 cm³/mol. The second kappa shape index (κ2) is 9.82. The van der Waals surface area contributed by atoms with Crippen molar-refractivity contribution in [1.29, 1.82) is 0 Å². The second-order valence-electron chi connectivity index (χ2n) is 11.6. The molecule has 0 spiro atoms. The third-order valence-electron chi connectivity index (χ3n) is 9.06. The first kappa shape index (κ1) is 24.5. The van der Waals surface area contributed by atoms with Gasteiger partial charge in [0, 0.05) is 36.3 Å². The lowest BCUT2D eigenvalue weighted by Crippen LogP contribution is -2.22. The molecule has 0 unspecified atom stereocenters. The first-order valence-electron chi connectivity index (χ1n) is 14.0. The summed E-state index contributed by atoms with van der Waals surface area (Å²) in [6, 6.07) is 0. The molecule has 1 aliphatic carbocycles. The van der Waals surface area contributed by atoms with Crippen molar-refractivity contribution in [3.8, 4) is 11.3 Å². The highest BCUT2D eigenvalue weighted by molar-refractivity contribution is 5.92. The summed E-state index contributed by atoms with van der Waals surface area (Å²) >= 11 is 0. The number of hydrogen-bond donors (Lipinski definition) is 1. The molecule has 37 heavy (non-hydrogen) atoms. The Morgan fingerprint density at radius 1 is 1.03 bits per heavy atom. The van der Waals surface area contributed by atoms with Crippen LogP contribution < -0.4 is 0 Å². The average molecular weight is 504 g/mol. The van der Waals surface area contributed by atoms with E-state index in [1.165, 1.54) is 32.1 Å². The molecular weight excluding hydrogens is 465 g/mol. The Hall–Kier alpha value is -2.80. The number of ether oxygens (including phenoxy) is 1. The standard InChI is InChI=1S/C30H38FN5O/c1-17(2)25-26-24(35-29(25)23-15-36-30(33-16-34-36)19(4)18(23)3)14-32-28(27(26)31)22-7-5-20(6-8-22)13-21-9-11-37-12-10-21/h14-17,20-22,35H,5-13H2,1-4H3. The van der Waals surface area contributed by atoms with Crippen LogP contribution in [0.2, 0.25) is 0 Å². The van der Waals surface area contributed by atoms with Gasteiger partial charge in [-0.15, -0.1) is 0 Å². The molecule has 1 saturated carbocycles. The zero-order valence-electron chi connectivity index (χ0n) is 22.5. The van der Waals surface area contributed by atoms with Gasteiger partial charge in [-0.3, -0.25) is 4.98 Å². The average Bonchev–Trinajstić information content (AvgIpc) is 3.53. The number of halogens is 1. The quantitative estimate of drug-likeness (QED) is 0.312. The van der Waals surface area contributed by atoms with Crippen LogP contribution in [-0.4, -0.2) is 37.8 Å². The minimum absolute atomic E-state index is 0.132. The third-order valence-corrected chi connectivity index (χ3v) is 9.06. The largest absolute Gasteiger partial charge is 0.381 e. The lowest BCUT2D eigenvalue weighted by molar-refractivity contribution is 0.0557. The normalized spacial score (nSPS) is 21.5. The smallest absolute Gasteiger partial charge is 0.158 e. The van der Waals surface area contributed by atoms with Gasteiger partial charge >= 0.3 is 0 Å². The molecule has 1 aliphatic heterocycles. The fraction of sp³-hybridized carbons (Fsp3) is 0.567. The van der Waals surface area contributed by atoms with Crippen LogP contribution in [0.1, 0.15) is 93.0 Å². The van der Waals surface area contributed by atoms with Crippen LogP contribution in [0.4, 0.5) is 4.39 Å². The number of pyridine rings is 2. The lowest BCUT2D eigenvalue weighted by Gasteiger charge is -2.32. The van der Waals surface area contributed by atoms with Gasteiger partial charge in [0.1, 0.15) is 6.33 Å². The molecule has 6 rings (SSSR count). The van der Waals surface area contributed by atoms with E-state index in [1.54, 1.807) is 6.33 Å². The molecule has 196 valence electrons. The van der Waals surface area contributed by atoms with Crippen LogP contribution >= 0.6 is 0 Å². The van der Waals surface area contributed by atoms with E-state index in [0.717, 1.165) is 77.0 Å². The Bertz CT molecular complexity index is 1420. The summed E-state index contributed by atoms with van der Waals surface area (Å²) in [6.07, 6.45) is 13.5. The van der Waals surface area contributed by atoms with E-state index < -0.39 is 0 Å². The summed E-state index contributed by atoms with van der Waals surface area (Å²) in [6.45, 7) is 10.3. The van der Waals surface area contributed by atoms with Crippen LogP contribution in [0.25, 0.3) is 27.8 Å². The highest BCUT2D eigenvalue weighted by Gasteiger charge is 2.30. The topological polar surface area (TPSA) is 68.1 Å². The first-order chi connectivity index (χ1) is 17.9. The highest BCUT2D eigenvalue weighted by Crippen LogP contribution is 2.43. The number of aromatic nitrogens is 5. The van der Waals surface area contributed by atoms with Crippen molar-refractivity contribution >= 4 is 16.6 Å². The van der Waals surface area contributed by atoms with Crippen molar-refractivity contribution in [3.05, 3.63) is 46.9 Å². The molecule has 4 aromatic rings. The molecule has 4 aromatic heterocycles. The van der Waals surface area contributed by atoms with E-state index in [1.807, 2.05) is 16.9 Å². The molecule has 1 saturated heterocycles. The minimum Gasteiger partial charge on any atom is -0.381 e. The van der Waals surface area contributed by atoms with Gasteiger partial charge in [-0.2, -0.15) is 5.10 Å². The molecule has 0 aromatic carbocycles. The summed E-state index contributed by atoms with van der Waals surface area (Å²) in [5, 5.41) is 5.07. The predicted octanol–water partition coefficient (Wildman–Crippen LogP) is 7.24. The molecule has 0 radical (unpaired) electrons. The number of aromatic amines is 1. The number of hydrogen-bond acceptors (Lipinski definition) is 4. The molecule has 2 aliphatic rings. The molecule has 0 bridgehead atoms. The van der Waals surface area contributed by atoms with Gasteiger partial charge in [-0.1, -0.05) is 13.8 Å². The monoisotopic (exact) mass is 503 g/mol. The van der Waals surface area contributed by atoms with E-state index in [2.05, 4.69) is 42.8 Å². The van der Waals surface area contributed by atoms with Gasteiger partial charge in [0.15, 0.2) is 11.5 Å². The van der Waals surface area contributed by atoms with Crippen LogP contribution in [0.3, 0.4) is 0 Å². The van der Waals surface area contributed by atoms with Gasteiger partial charge in [0.2, 0.25) is 0 Å². The molecule has 0 atom stereocenters. The van der Waals surface area contributed by atoms with Crippen molar-refractivity contribution < 1.29 is 9.13 Å². The molecule has 1 N–H and O–H groups in total. The number of nitrogens with one attached hydrogen (secondary N) is 1. The molecule has 2 fully saturated rings. The third kappa shape index (κ3) is 4.35. The van der Waals surface area contributed by atoms with Gasteiger partial charge < -0.3 is 9.72 Å². The fourth-order valence-corrected chi connectivity index (χ4v) is 6.84. The van der Waals surface area contributed by atoms with Gasteiger partial charge in [0.05, 0.1) is 23.1 Å². The van der Waals surface area contributed by atoms with E-state index in [-0.39, 0.29) is 17.7 Å². The Morgan fingerprint density at radius 2 is 1.76 bits per heavy atom. The Balaban J connectivity index is 1.33.